The van der Waals surface area contributed by atoms with Crippen molar-refractivity contribution in [2.75, 3.05) is 13.7 Å². The molecular formula is C18H20N2O. The van der Waals surface area contributed by atoms with Crippen molar-refractivity contribution >= 4 is 0 Å². The second kappa shape index (κ2) is 7.47. The van der Waals surface area contributed by atoms with E-state index >= 15 is 0 Å². The molecule has 2 aromatic carbocycles. The Hall–Kier alpha value is -2.31. The van der Waals surface area contributed by atoms with Gasteiger partial charge in [0.1, 0.15) is 5.75 Å². The molecule has 0 N–H and O–H groups in total. The lowest BCUT2D eigenvalue weighted by Gasteiger charge is -2.17. The maximum atomic E-state index is 8.93. The molecule has 108 valence electrons. The molecule has 0 saturated heterocycles. The molecule has 0 amide bonds. The number of nitrogens with zero attached hydrogens (tertiary/aromatic N) is 2. The van der Waals surface area contributed by atoms with Gasteiger partial charge in [0.25, 0.3) is 0 Å². The van der Waals surface area contributed by atoms with Crippen LogP contribution in [0.1, 0.15) is 23.6 Å². The van der Waals surface area contributed by atoms with Gasteiger partial charge in [0, 0.05) is 13.1 Å². The fourth-order valence-corrected chi connectivity index (χ4v) is 2.28. The molecule has 0 aromatic heterocycles. The second-order valence-electron chi connectivity index (χ2n) is 5.06. The first-order valence-corrected chi connectivity index (χ1v) is 7.10. The van der Waals surface area contributed by atoms with Crippen molar-refractivity contribution in [3.8, 4) is 11.8 Å². The Morgan fingerprint density at radius 2 is 1.76 bits per heavy atom. The Morgan fingerprint density at radius 1 is 1.05 bits per heavy atom. The second-order valence-corrected chi connectivity index (χ2v) is 5.06. The monoisotopic (exact) mass is 280 g/mol. The molecule has 0 heterocycles. The summed E-state index contributed by atoms with van der Waals surface area (Å²) >= 11 is 0. The van der Waals surface area contributed by atoms with Gasteiger partial charge in [-0.25, -0.2) is 0 Å². The first-order valence-electron chi connectivity index (χ1n) is 7.10. The van der Waals surface area contributed by atoms with E-state index in [0.717, 1.165) is 24.4 Å². The number of rotatable bonds is 6. The maximum Gasteiger partial charge on any atom is 0.119 e. The molecule has 0 aliphatic carbocycles. The van der Waals surface area contributed by atoms with E-state index in [0.29, 0.717) is 12.2 Å². The van der Waals surface area contributed by atoms with Crippen LogP contribution in [0.2, 0.25) is 0 Å². The van der Waals surface area contributed by atoms with E-state index in [1.807, 2.05) is 37.3 Å². The summed E-state index contributed by atoms with van der Waals surface area (Å²) in [4.78, 5) is 2.23. The van der Waals surface area contributed by atoms with Crippen LogP contribution in [0.25, 0.3) is 0 Å². The minimum Gasteiger partial charge on any atom is -0.494 e. The number of benzene rings is 2. The molecule has 21 heavy (non-hydrogen) atoms. The fourth-order valence-electron chi connectivity index (χ4n) is 2.28. The first-order chi connectivity index (χ1) is 10.2. The van der Waals surface area contributed by atoms with Crippen LogP contribution >= 0.6 is 0 Å². The maximum absolute atomic E-state index is 8.93. The highest BCUT2D eigenvalue weighted by atomic mass is 16.5. The highest BCUT2D eigenvalue weighted by Crippen LogP contribution is 2.14. The van der Waals surface area contributed by atoms with Crippen LogP contribution in [0.5, 0.6) is 5.75 Å². The largest absolute Gasteiger partial charge is 0.494 e. The van der Waals surface area contributed by atoms with E-state index in [-0.39, 0.29) is 0 Å². The normalized spacial score (nSPS) is 10.4. The molecular weight excluding hydrogens is 260 g/mol. The van der Waals surface area contributed by atoms with Crippen molar-refractivity contribution in [2.45, 2.75) is 20.0 Å². The summed E-state index contributed by atoms with van der Waals surface area (Å²) in [6, 6.07) is 18.1. The smallest absolute Gasteiger partial charge is 0.119 e. The van der Waals surface area contributed by atoms with Crippen LogP contribution in [0.15, 0.2) is 48.5 Å². The van der Waals surface area contributed by atoms with Gasteiger partial charge in [-0.1, -0.05) is 24.3 Å². The lowest BCUT2D eigenvalue weighted by molar-refractivity contribution is 0.318. The summed E-state index contributed by atoms with van der Waals surface area (Å²) < 4.78 is 5.44. The molecule has 0 unspecified atom stereocenters. The third-order valence-electron chi connectivity index (χ3n) is 3.20. The molecule has 0 aliphatic heterocycles. The highest BCUT2D eigenvalue weighted by Gasteiger charge is 2.03. The molecule has 0 bridgehead atoms. The standard InChI is InChI=1S/C18H20N2O/c1-3-21-18-9-7-15(8-10-18)13-20(2)14-17-6-4-5-16(11-17)12-19/h4-11H,3,13-14H2,1-2H3. The molecule has 0 atom stereocenters. The van der Waals surface area contributed by atoms with Gasteiger partial charge in [0.05, 0.1) is 18.2 Å². The minimum atomic E-state index is 0.689. The third-order valence-corrected chi connectivity index (χ3v) is 3.20. The van der Waals surface area contributed by atoms with Gasteiger partial charge >= 0.3 is 0 Å². The summed E-state index contributed by atoms with van der Waals surface area (Å²) in [5, 5.41) is 8.93. The summed E-state index contributed by atoms with van der Waals surface area (Å²) in [5.74, 6) is 0.908. The average molecular weight is 280 g/mol. The van der Waals surface area contributed by atoms with E-state index in [1.165, 1.54) is 5.56 Å². The van der Waals surface area contributed by atoms with Crippen LogP contribution in [-0.4, -0.2) is 18.6 Å². The average Bonchev–Trinajstić information content (AvgIpc) is 2.49. The molecule has 3 heteroatoms. The van der Waals surface area contributed by atoms with Gasteiger partial charge in [-0.15, -0.1) is 0 Å². The summed E-state index contributed by atoms with van der Waals surface area (Å²) in [7, 11) is 2.08. The molecule has 0 saturated carbocycles. The molecule has 0 fully saturated rings. The number of ether oxygens (including phenoxy) is 1. The predicted octanol–water partition coefficient (Wildman–Crippen LogP) is 3.59. The molecule has 3 nitrogen and oxygen atoms in total. The van der Waals surface area contributed by atoms with E-state index < -0.39 is 0 Å². The Morgan fingerprint density at radius 3 is 2.43 bits per heavy atom. The van der Waals surface area contributed by atoms with Crippen molar-refractivity contribution in [2.24, 2.45) is 0 Å². The molecule has 0 spiro atoms. The molecule has 0 aliphatic rings. The lowest BCUT2D eigenvalue weighted by atomic mass is 10.1. The van der Waals surface area contributed by atoms with Crippen molar-refractivity contribution in [3.63, 3.8) is 0 Å². The SMILES string of the molecule is CCOc1ccc(CN(C)Cc2cccc(C#N)c2)cc1. The number of nitriles is 1. The Labute approximate surface area is 126 Å². The van der Waals surface area contributed by atoms with Gasteiger partial charge in [0.2, 0.25) is 0 Å². The molecule has 2 aromatic rings. The van der Waals surface area contributed by atoms with Crippen LogP contribution in [0.3, 0.4) is 0 Å². The highest BCUT2D eigenvalue weighted by molar-refractivity contribution is 5.33. The Kier molecular flexibility index (Phi) is 5.36. The van der Waals surface area contributed by atoms with E-state index in [1.54, 1.807) is 0 Å². The molecule has 0 radical (unpaired) electrons. The summed E-state index contributed by atoms with van der Waals surface area (Å²) in [5.41, 5.74) is 3.11. The van der Waals surface area contributed by atoms with Gasteiger partial charge in [-0.2, -0.15) is 5.26 Å². The van der Waals surface area contributed by atoms with Crippen LogP contribution in [-0.2, 0) is 13.1 Å². The fraction of sp³-hybridized carbons (Fsp3) is 0.278. The van der Waals surface area contributed by atoms with Crippen molar-refractivity contribution in [1.29, 1.82) is 5.26 Å². The predicted molar refractivity (Wildman–Crippen MR) is 83.9 cm³/mol. The number of hydrogen-bond acceptors (Lipinski definition) is 3. The Balaban J connectivity index is 1.94. The van der Waals surface area contributed by atoms with Gasteiger partial charge in [0.15, 0.2) is 0 Å². The minimum absolute atomic E-state index is 0.689. The summed E-state index contributed by atoms with van der Waals surface area (Å²) in [6.45, 7) is 4.36. The van der Waals surface area contributed by atoms with Crippen molar-refractivity contribution in [3.05, 3.63) is 65.2 Å². The number of hydrogen-bond donors (Lipinski definition) is 0. The quantitative estimate of drug-likeness (QED) is 0.811. The topological polar surface area (TPSA) is 36.3 Å². The zero-order valence-electron chi connectivity index (χ0n) is 12.5. The zero-order chi connectivity index (χ0) is 15.1. The van der Waals surface area contributed by atoms with E-state index in [9.17, 15) is 0 Å². The van der Waals surface area contributed by atoms with E-state index in [2.05, 4.69) is 36.2 Å². The van der Waals surface area contributed by atoms with Gasteiger partial charge in [-0.3, -0.25) is 4.90 Å². The van der Waals surface area contributed by atoms with Gasteiger partial charge < -0.3 is 4.74 Å². The van der Waals surface area contributed by atoms with Crippen LogP contribution in [0, 0.1) is 11.3 Å². The lowest BCUT2D eigenvalue weighted by Crippen LogP contribution is -2.17. The van der Waals surface area contributed by atoms with Crippen LogP contribution in [0.4, 0.5) is 0 Å². The van der Waals surface area contributed by atoms with Crippen molar-refractivity contribution < 1.29 is 4.74 Å². The van der Waals surface area contributed by atoms with Crippen LogP contribution < -0.4 is 4.74 Å². The van der Waals surface area contributed by atoms with Crippen molar-refractivity contribution in [1.82, 2.24) is 4.90 Å². The molecule has 2 rings (SSSR count). The van der Waals surface area contributed by atoms with Gasteiger partial charge in [-0.05, 0) is 49.4 Å². The van der Waals surface area contributed by atoms with E-state index in [4.69, 9.17) is 10.00 Å². The third kappa shape index (κ3) is 4.62. The Bertz CT molecular complexity index is 614. The zero-order valence-corrected chi connectivity index (χ0v) is 12.5. The summed E-state index contributed by atoms with van der Waals surface area (Å²) in [6.07, 6.45) is 0. The first kappa shape index (κ1) is 15.1.